The predicted molar refractivity (Wildman–Crippen MR) is 146 cm³/mol. The van der Waals surface area contributed by atoms with Gasteiger partial charge in [-0.05, 0) is 50.6 Å². The van der Waals surface area contributed by atoms with Crippen LogP contribution in [0.5, 0.6) is 5.75 Å². The largest absolute Gasteiger partial charge is 0.489 e. The van der Waals surface area contributed by atoms with Gasteiger partial charge in [0, 0.05) is 18.7 Å². The summed E-state index contributed by atoms with van der Waals surface area (Å²) < 4.78 is 57.1. The van der Waals surface area contributed by atoms with Crippen LogP contribution in [0.1, 0.15) is 25.8 Å². The van der Waals surface area contributed by atoms with E-state index in [0.717, 1.165) is 12.1 Å². The summed E-state index contributed by atoms with van der Waals surface area (Å²) in [5.74, 6) is 0.499. The Kier molecular flexibility index (Phi) is 6.95. The molecule has 0 radical (unpaired) electrons. The van der Waals surface area contributed by atoms with Gasteiger partial charge in [-0.1, -0.05) is 23.7 Å². The number of fused-ring (bicyclic) bond motifs is 4. The van der Waals surface area contributed by atoms with Gasteiger partial charge in [-0.15, -0.1) is 0 Å². The molecule has 13 heteroatoms. The molecule has 9 nitrogen and oxygen atoms in total. The Bertz CT molecular complexity index is 1470. The number of ether oxygens (including phenoxy) is 3. The highest BCUT2D eigenvalue weighted by molar-refractivity contribution is 6.33. The topological polar surface area (TPSA) is 89.1 Å². The lowest BCUT2D eigenvalue weighted by molar-refractivity contribution is -0.141. The van der Waals surface area contributed by atoms with Crippen LogP contribution in [0.25, 0.3) is 11.3 Å². The number of alkyl halides is 3. The highest BCUT2D eigenvalue weighted by Gasteiger charge is 2.41. The average Bonchev–Trinajstić information content (AvgIpc) is 3.51. The maximum atomic E-state index is 13.6. The van der Waals surface area contributed by atoms with Gasteiger partial charge >= 0.3 is 12.2 Å². The molecule has 0 saturated carbocycles. The Morgan fingerprint density at radius 2 is 2.07 bits per heavy atom. The lowest BCUT2D eigenvalue weighted by Gasteiger charge is -2.36. The van der Waals surface area contributed by atoms with Gasteiger partial charge in [0.25, 0.3) is 0 Å². The number of benzene rings is 1. The lowest BCUT2D eigenvalue weighted by atomic mass is 10.1. The number of hydrogen-bond donors (Lipinski definition) is 1. The Hall–Kier alpha value is -3.61. The number of amides is 2. The van der Waals surface area contributed by atoms with E-state index in [1.54, 1.807) is 18.2 Å². The Morgan fingerprint density at radius 3 is 2.78 bits per heavy atom. The predicted octanol–water partition coefficient (Wildman–Crippen LogP) is 5.98. The molecule has 2 atom stereocenters. The van der Waals surface area contributed by atoms with E-state index in [-0.39, 0.29) is 28.4 Å². The number of aromatic nitrogens is 2. The minimum atomic E-state index is -4.52. The van der Waals surface area contributed by atoms with Gasteiger partial charge in [-0.25, -0.2) is 14.8 Å². The van der Waals surface area contributed by atoms with E-state index in [4.69, 9.17) is 25.8 Å². The normalized spacial score (nSPS) is 21.1. The second kappa shape index (κ2) is 10.3. The Labute approximate surface area is 239 Å². The number of pyridine rings is 2. The van der Waals surface area contributed by atoms with Crippen molar-refractivity contribution in [3.63, 3.8) is 0 Å². The first kappa shape index (κ1) is 27.6. The van der Waals surface area contributed by atoms with E-state index < -0.39 is 23.6 Å². The molecule has 41 heavy (non-hydrogen) atoms. The van der Waals surface area contributed by atoms with Gasteiger partial charge in [0.2, 0.25) is 0 Å². The number of rotatable bonds is 5. The molecule has 216 valence electrons. The van der Waals surface area contributed by atoms with Crippen LogP contribution in [-0.2, 0) is 15.7 Å². The van der Waals surface area contributed by atoms with E-state index in [9.17, 15) is 18.0 Å². The molecule has 6 rings (SSSR count). The van der Waals surface area contributed by atoms with E-state index >= 15 is 0 Å². The fourth-order valence-electron chi connectivity index (χ4n) is 5.27. The zero-order valence-electron chi connectivity index (χ0n) is 22.2. The van der Waals surface area contributed by atoms with Crippen LogP contribution < -0.4 is 19.9 Å². The van der Waals surface area contributed by atoms with Gasteiger partial charge in [-0.3, -0.25) is 10.2 Å². The van der Waals surface area contributed by atoms with Gasteiger partial charge in [-0.2, -0.15) is 13.2 Å². The fourth-order valence-corrected chi connectivity index (χ4v) is 5.53. The van der Waals surface area contributed by atoms with Gasteiger partial charge < -0.3 is 19.1 Å². The smallest absolute Gasteiger partial charge is 0.416 e. The fraction of sp³-hybridized carbons (Fsp3) is 0.393. The van der Waals surface area contributed by atoms with Crippen molar-refractivity contribution >= 4 is 35.0 Å². The van der Waals surface area contributed by atoms with Crippen LogP contribution >= 0.6 is 11.6 Å². The van der Waals surface area contributed by atoms with Crippen molar-refractivity contribution in [2.45, 2.75) is 44.4 Å². The van der Waals surface area contributed by atoms with Crippen molar-refractivity contribution in [1.29, 1.82) is 0 Å². The van der Waals surface area contributed by atoms with Crippen LogP contribution in [0.3, 0.4) is 0 Å². The first-order valence-corrected chi connectivity index (χ1v) is 13.5. The molecule has 0 aliphatic carbocycles. The second-order valence-corrected chi connectivity index (χ2v) is 11.0. The second-order valence-electron chi connectivity index (χ2n) is 10.6. The lowest BCUT2D eigenvalue weighted by Crippen LogP contribution is -2.48. The number of hydrogen-bond acceptors (Lipinski definition) is 7. The van der Waals surface area contributed by atoms with E-state index in [1.807, 2.05) is 13.8 Å². The molecule has 2 bridgehead atoms. The number of nitrogens with zero attached hydrogens (tertiary/aromatic N) is 4. The SMILES string of the molecule is CC1(C)OC[C@@H](COc2ccc(NC(=O)N3c4nc(-c5cccc(C(F)(F)F)c5)c(Cl)cc4N4CC[C@H]3C4)nc2)O1. The summed E-state index contributed by atoms with van der Waals surface area (Å²) in [4.78, 5) is 26.1. The molecule has 2 aromatic heterocycles. The molecule has 0 spiro atoms. The summed E-state index contributed by atoms with van der Waals surface area (Å²) in [6, 6.07) is 9.15. The number of urea groups is 1. The highest BCUT2D eigenvalue weighted by atomic mass is 35.5. The maximum Gasteiger partial charge on any atom is 0.416 e. The van der Waals surface area contributed by atoms with Crippen molar-refractivity contribution < 1.29 is 32.2 Å². The summed E-state index contributed by atoms with van der Waals surface area (Å²) in [7, 11) is 0. The molecule has 2 saturated heterocycles. The summed E-state index contributed by atoms with van der Waals surface area (Å²) in [6.07, 6.45) is -2.51. The molecule has 0 unspecified atom stereocenters. The van der Waals surface area contributed by atoms with Gasteiger partial charge in [0.1, 0.15) is 24.3 Å². The standard InChI is InChI=1S/C28H27ClF3N5O4/c1-27(2)40-15-20(41-27)14-39-19-6-7-23(33-12-19)34-26(38)37-18-8-9-36(13-18)22-11-21(29)24(35-25(22)37)16-4-3-5-17(10-16)28(30,31)32/h3-7,10-12,18,20H,8-9,13-15H2,1-2H3,(H,33,34,38)/t18-,20+/m0/s1. The quantitative estimate of drug-likeness (QED) is 0.392. The molecule has 3 aliphatic rings. The summed E-state index contributed by atoms with van der Waals surface area (Å²) in [5, 5.41) is 3.01. The first-order chi connectivity index (χ1) is 19.5. The average molecular weight is 590 g/mol. The van der Waals surface area contributed by atoms with Crippen molar-refractivity contribution in [2.75, 3.05) is 41.4 Å². The summed E-state index contributed by atoms with van der Waals surface area (Å²) in [6.45, 7) is 5.68. The molecular formula is C28H27ClF3N5O4. The molecular weight excluding hydrogens is 563 g/mol. The third-order valence-electron chi connectivity index (χ3n) is 7.19. The number of carbonyl (C=O) groups excluding carboxylic acids is 1. The summed E-state index contributed by atoms with van der Waals surface area (Å²) in [5.41, 5.74) is 0.204. The highest BCUT2D eigenvalue weighted by Crippen LogP contribution is 2.43. The third kappa shape index (κ3) is 5.64. The minimum absolute atomic E-state index is 0.163. The Balaban J connectivity index is 1.21. The molecule has 1 N–H and O–H groups in total. The zero-order valence-corrected chi connectivity index (χ0v) is 23.0. The van der Waals surface area contributed by atoms with Crippen LogP contribution in [0.4, 0.5) is 35.3 Å². The van der Waals surface area contributed by atoms with Crippen molar-refractivity contribution in [2.24, 2.45) is 0 Å². The first-order valence-electron chi connectivity index (χ1n) is 13.1. The van der Waals surface area contributed by atoms with Gasteiger partial charge in [0.15, 0.2) is 11.6 Å². The van der Waals surface area contributed by atoms with Gasteiger partial charge in [0.05, 0.1) is 40.8 Å². The third-order valence-corrected chi connectivity index (χ3v) is 7.48. The van der Waals surface area contributed by atoms with E-state index in [1.165, 1.54) is 23.2 Å². The molecule has 5 heterocycles. The zero-order chi connectivity index (χ0) is 28.9. The van der Waals surface area contributed by atoms with Crippen LogP contribution in [0.15, 0.2) is 48.7 Å². The molecule has 3 aromatic rings. The maximum absolute atomic E-state index is 13.6. The van der Waals surface area contributed by atoms with Crippen LogP contribution in [0.2, 0.25) is 5.02 Å². The van der Waals surface area contributed by atoms with E-state index in [0.29, 0.717) is 55.8 Å². The number of nitrogens with one attached hydrogen (secondary N) is 1. The number of anilines is 3. The molecule has 2 amide bonds. The van der Waals surface area contributed by atoms with Crippen molar-refractivity contribution in [3.05, 3.63) is 59.2 Å². The molecule has 3 aliphatic heterocycles. The molecule has 2 fully saturated rings. The minimum Gasteiger partial charge on any atom is -0.489 e. The van der Waals surface area contributed by atoms with Crippen molar-refractivity contribution in [1.82, 2.24) is 9.97 Å². The van der Waals surface area contributed by atoms with Crippen LogP contribution in [-0.4, -0.2) is 60.2 Å². The summed E-state index contributed by atoms with van der Waals surface area (Å²) >= 11 is 6.53. The Morgan fingerprint density at radius 1 is 1.24 bits per heavy atom. The van der Waals surface area contributed by atoms with Crippen LogP contribution in [0, 0.1) is 0 Å². The monoisotopic (exact) mass is 589 g/mol. The number of carbonyl (C=O) groups is 1. The van der Waals surface area contributed by atoms with Crippen molar-refractivity contribution in [3.8, 4) is 17.0 Å². The van der Waals surface area contributed by atoms with E-state index in [2.05, 4.69) is 20.2 Å². The number of halogens is 4. The molecule has 1 aromatic carbocycles.